The fraction of sp³-hybridized carbons (Fsp3) is 0.909. The van der Waals surface area contributed by atoms with Crippen molar-refractivity contribution in [3.63, 3.8) is 0 Å². The number of rotatable bonds is 2. The Morgan fingerprint density at radius 2 is 2.08 bits per heavy atom. The minimum Gasteiger partial charge on any atom is -0.396 e. The highest BCUT2D eigenvalue weighted by molar-refractivity contribution is 5.84. The molecule has 0 spiro atoms. The minimum atomic E-state index is -0.0962. The van der Waals surface area contributed by atoms with Gasteiger partial charge in [-0.2, -0.15) is 0 Å². The van der Waals surface area contributed by atoms with Crippen molar-refractivity contribution < 1.29 is 9.90 Å². The quantitative estimate of drug-likeness (QED) is 0.711. The Morgan fingerprint density at radius 3 is 2.54 bits per heavy atom. The molecule has 0 saturated heterocycles. The van der Waals surface area contributed by atoms with Gasteiger partial charge in [-0.1, -0.05) is 20.8 Å². The van der Waals surface area contributed by atoms with Crippen molar-refractivity contribution in [2.24, 2.45) is 23.7 Å². The lowest BCUT2D eigenvalue weighted by Gasteiger charge is -2.33. The molecule has 0 bridgehead atoms. The largest absolute Gasteiger partial charge is 0.396 e. The average molecular weight is 184 g/mol. The average Bonchev–Trinajstić information content (AvgIpc) is 2.04. The van der Waals surface area contributed by atoms with Gasteiger partial charge in [0.05, 0.1) is 6.61 Å². The first-order valence-corrected chi connectivity index (χ1v) is 5.22. The van der Waals surface area contributed by atoms with Crippen LogP contribution in [0.15, 0.2) is 0 Å². The van der Waals surface area contributed by atoms with Crippen LogP contribution in [0.5, 0.6) is 0 Å². The zero-order chi connectivity index (χ0) is 10.0. The lowest BCUT2D eigenvalue weighted by Crippen LogP contribution is -2.38. The Kier molecular flexibility index (Phi) is 3.48. The molecule has 1 saturated carbocycles. The number of ketones is 1. The molecule has 0 radical (unpaired) electrons. The smallest absolute Gasteiger partial charge is 0.141 e. The third-order valence-electron chi connectivity index (χ3n) is 3.35. The van der Waals surface area contributed by atoms with Gasteiger partial charge in [0.25, 0.3) is 0 Å². The molecule has 0 aromatic carbocycles. The Bertz CT molecular complexity index is 183. The van der Waals surface area contributed by atoms with Gasteiger partial charge in [0.1, 0.15) is 5.78 Å². The normalized spacial score (nSPS) is 35.5. The summed E-state index contributed by atoms with van der Waals surface area (Å²) in [6.07, 6.45) is 2.09. The van der Waals surface area contributed by atoms with Crippen molar-refractivity contribution in [2.45, 2.75) is 33.6 Å². The molecule has 0 aromatic rings. The van der Waals surface area contributed by atoms with E-state index < -0.39 is 0 Å². The van der Waals surface area contributed by atoms with E-state index in [9.17, 15) is 4.79 Å². The maximum Gasteiger partial charge on any atom is 0.141 e. The van der Waals surface area contributed by atoms with Gasteiger partial charge in [0.15, 0.2) is 0 Å². The highest BCUT2D eigenvalue weighted by Crippen LogP contribution is 2.34. The summed E-state index contributed by atoms with van der Waals surface area (Å²) in [5.74, 6) is 1.17. The number of aliphatic hydroxyl groups is 1. The topological polar surface area (TPSA) is 37.3 Å². The Balaban J connectivity index is 2.69. The zero-order valence-corrected chi connectivity index (χ0v) is 8.79. The summed E-state index contributed by atoms with van der Waals surface area (Å²) in [6, 6.07) is 0. The van der Waals surface area contributed by atoms with Crippen LogP contribution in [0, 0.1) is 23.7 Å². The molecule has 0 aliphatic heterocycles. The highest BCUT2D eigenvalue weighted by Gasteiger charge is 2.36. The highest BCUT2D eigenvalue weighted by atomic mass is 16.3. The van der Waals surface area contributed by atoms with Crippen molar-refractivity contribution >= 4 is 5.78 Å². The second kappa shape index (κ2) is 4.23. The van der Waals surface area contributed by atoms with Gasteiger partial charge in [0.2, 0.25) is 0 Å². The first kappa shape index (κ1) is 10.7. The van der Waals surface area contributed by atoms with Gasteiger partial charge in [0, 0.05) is 11.8 Å². The van der Waals surface area contributed by atoms with Crippen LogP contribution in [0.4, 0.5) is 0 Å². The van der Waals surface area contributed by atoms with E-state index in [0.29, 0.717) is 11.8 Å². The Labute approximate surface area is 80.3 Å². The lowest BCUT2D eigenvalue weighted by atomic mass is 9.70. The van der Waals surface area contributed by atoms with E-state index in [-0.39, 0.29) is 24.2 Å². The fourth-order valence-electron chi connectivity index (χ4n) is 2.27. The van der Waals surface area contributed by atoms with Gasteiger partial charge in [-0.3, -0.25) is 4.79 Å². The minimum absolute atomic E-state index is 0.0310. The summed E-state index contributed by atoms with van der Waals surface area (Å²) in [5, 5.41) is 9.11. The molecule has 76 valence electrons. The second-order valence-corrected chi connectivity index (χ2v) is 4.60. The fourth-order valence-corrected chi connectivity index (χ4v) is 2.27. The molecular formula is C11H20O2. The van der Waals surface area contributed by atoms with Crippen LogP contribution < -0.4 is 0 Å². The van der Waals surface area contributed by atoms with Crippen molar-refractivity contribution in [2.75, 3.05) is 6.61 Å². The molecule has 1 rings (SSSR count). The van der Waals surface area contributed by atoms with Crippen LogP contribution in [0.3, 0.4) is 0 Å². The van der Waals surface area contributed by atoms with Crippen molar-refractivity contribution in [1.29, 1.82) is 0 Å². The van der Waals surface area contributed by atoms with E-state index in [1.165, 1.54) is 0 Å². The summed E-state index contributed by atoms with van der Waals surface area (Å²) >= 11 is 0. The van der Waals surface area contributed by atoms with Crippen LogP contribution in [0.25, 0.3) is 0 Å². The van der Waals surface area contributed by atoms with Gasteiger partial charge >= 0.3 is 0 Å². The van der Waals surface area contributed by atoms with Gasteiger partial charge in [-0.25, -0.2) is 0 Å². The van der Waals surface area contributed by atoms with Gasteiger partial charge in [-0.15, -0.1) is 0 Å². The molecule has 0 heterocycles. The summed E-state index contributed by atoms with van der Waals surface area (Å²) < 4.78 is 0. The molecule has 0 unspecified atom stereocenters. The molecule has 2 heteroatoms. The second-order valence-electron chi connectivity index (χ2n) is 4.60. The first-order chi connectivity index (χ1) is 6.07. The van der Waals surface area contributed by atoms with E-state index in [4.69, 9.17) is 5.11 Å². The Morgan fingerprint density at radius 1 is 1.46 bits per heavy atom. The summed E-state index contributed by atoms with van der Waals surface area (Å²) in [7, 11) is 0. The summed E-state index contributed by atoms with van der Waals surface area (Å²) in [6.45, 7) is 6.28. The van der Waals surface area contributed by atoms with Crippen molar-refractivity contribution in [3.05, 3.63) is 0 Å². The molecule has 13 heavy (non-hydrogen) atoms. The number of hydrogen-bond donors (Lipinski definition) is 1. The van der Waals surface area contributed by atoms with Crippen LogP contribution in [0.2, 0.25) is 0 Å². The molecule has 1 aliphatic carbocycles. The van der Waals surface area contributed by atoms with Gasteiger partial charge < -0.3 is 5.11 Å². The molecule has 0 aromatic heterocycles. The van der Waals surface area contributed by atoms with Crippen molar-refractivity contribution in [3.8, 4) is 0 Å². The van der Waals surface area contributed by atoms with E-state index in [0.717, 1.165) is 12.8 Å². The standard InChI is InChI=1S/C11H20O2/c1-7(2)9-5-4-8(3)10(6-12)11(9)13/h7-10,12H,4-6H2,1-3H3/t8-,9+,10+/m1/s1. The zero-order valence-electron chi connectivity index (χ0n) is 8.79. The predicted octanol–water partition coefficient (Wildman–Crippen LogP) is 1.87. The number of Topliss-reactive ketones (excluding diaryl/α,β-unsaturated/α-hetero) is 1. The summed E-state index contributed by atoms with van der Waals surface area (Å²) in [4.78, 5) is 11.8. The number of aliphatic hydroxyl groups excluding tert-OH is 1. The first-order valence-electron chi connectivity index (χ1n) is 5.22. The maximum absolute atomic E-state index is 11.8. The maximum atomic E-state index is 11.8. The van der Waals surface area contributed by atoms with Crippen LogP contribution >= 0.6 is 0 Å². The molecule has 0 amide bonds. The molecule has 1 N–H and O–H groups in total. The number of hydrogen-bond acceptors (Lipinski definition) is 2. The van der Waals surface area contributed by atoms with Crippen LogP contribution in [-0.4, -0.2) is 17.5 Å². The summed E-state index contributed by atoms with van der Waals surface area (Å²) in [5.41, 5.74) is 0. The van der Waals surface area contributed by atoms with Crippen molar-refractivity contribution in [1.82, 2.24) is 0 Å². The Hall–Kier alpha value is -0.370. The van der Waals surface area contributed by atoms with Crippen LogP contribution in [-0.2, 0) is 4.79 Å². The molecule has 2 nitrogen and oxygen atoms in total. The van der Waals surface area contributed by atoms with E-state index in [1.807, 2.05) is 0 Å². The van der Waals surface area contributed by atoms with E-state index in [1.54, 1.807) is 0 Å². The predicted molar refractivity (Wildman–Crippen MR) is 52.3 cm³/mol. The van der Waals surface area contributed by atoms with Crippen LogP contribution in [0.1, 0.15) is 33.6 Å². The third-order valence-corrected chi connectivity index (χ3v) is 3.35. The SMILES string of the molecule is CC(C)[C@@H]1CC[C@@H](C)[C@H](CO)C1=O. The number of carbonyl (C=O) groups excluding carboxylic acids is 1. The number of carbonyl (C=O) groups is 1. The molecule has 3 atom stereocenters. The van der Waals surface area contributed by atoms with E-state index >= 15 is 0 Å². The lowest BCUT2D eigenvalue weighted by molar-refractivity contribution is -0.134. The molecule has 1 fully saturated rings. The van der Waals surface area contributed by atoms with Gasteiger partial charge in [-0.05, 0) is 24.7 Å². The molecule has 1 aliphatic rings. The third kappa shape index (κ3) is 2.11. The monoisotopic (exact) mass is 184 g/mol. The van der Waals surface area contributed by atoms with E-state index in [2.05, 4.69) is 20.8 Å². The molecular weight excluding hydrogens is 164 g/mol.